The first-order valence-electron chi connectivity index (χ1n) is 15.2. The molecule has 4 rings (SSSR count). The van der Waals surface area contributed by atoms with Crippen LogP contribution in [0.1, 0.15) is 30.5 Å². The predicted octanol–water partition coefficient (Wildman–Crippen LogP) is 6.58. The fourth-order valence-corrected chi connectivity index (χ4v) is 7.03. The number of aryl methyl sites for hydroxylation is 1. The molecule has 0 fully saturated rings. The molecule has 0 bridgehead atoms. The van der Waals surface area contributed by atoms with Crippen molar-refractivity contribution in [3.05, 3.63) is 128 Å². The van der Waals surface area contributed by atoms with Crippen LogP contribution in [0.2, 0.25) is 10.0 Å². The fourth-order valence-electron chi connectivity index (χ4n) is 5.21. The van der Waals surface area contributed by atoms with E-state index in [1.807, 2.05) is 30.3 Å². The van der Waals surface area contributed by atoms with Crippen LogP contribution in [0.25, 0.3) is 0 Å². The van der Waals surface area contributed by atoms with Gasteiger partial charge in [-0.15, -0.1) is 0 Å². The Bertz CT molecular complexity index is 1940. The lowest BCUT2D eigenvalue weighted by atomic mass is 10.0. The maximum atomic E-state index is 14.7. The van der Waals surface area contributed by atoms with E-state index in [4.69, 9.17) is 27.9 Å². The first kappa shape index (κ1) is 37.2. The number of amides is 2. The smallest absolute Gasteiger partial charge is 0.273 e. The molecule has 11 nitrogen and oxygen atoms in total. The van der Waals surface area contributed by atoms with Crippen molar-refractivity contribution >= 4 is 56.4 Å². The quantitative estimate of drug-likeness (QED) is 0.114. The zero-order valence-electron chi connectivity index (χ0n) is 27.3. The van der Waals surface area contributed by atoms with Crippen molar-refractivity contribution in [3.63, 3.8) is 0 Å². The number of nitro groups is 1. The second-order valence-corrected chi connectivity index (χ2v) is 14.3. The summed E-state index contributed by atoms with van der Waals surface area (Å²) < 4.78 is 35.1. The summed E-state index contributed by atoms with van der Waals surface area (Å²) in [7, 11) is -3.36. The average molecular weight is 728 g/mol. The van der Waals surface area contributed by atoms with Crippen LogP contribution in [0.15, 0.2) is 95.9 Å². The Hall–Kier alpha value is -4.65. The molecule has 0 radical (unpaired) electrons. The highest BCUT2D eigenvalue weighted by atomic mass is 35.5. The largest absolute Gasteiger partial charge is 0.495 e. The Morgan fingerprint density at radius 1 is 0.918 bits per heavy atom. The van der Waals surface area contributed by atoms with Crippen LogP contribution in [0.3, 0.4) is 0 Å². The third-order valence-corrected chi connectivity index (χ3v) is 9.82. The maximum absolute atomic E-state index is 14.7. The van der Waals surface area contributed by atoms with E-state index in [9.17, 15) is 28.1 Å². The lowest BCUT2D eigenvalue weighted by Gasteiger charge is -2.34. The van der Waals surface area contributed by atoms with Gasteiger partial charge in [-0.3, -0.25) is 24.0 Å². The van der Waals surface area contributed by atoms with Crippen molar-refractivity contribution in [2.24, 2.45) is 0 Å². The zero-order valence-corrected chi connectivity index (χ0v) is 29.6. The number of nitro benzene ring substituents is 1. The van der Waals surface area contributed by atoms with Gasteiger partial charge >= 0.3 is 0 Å². The summed E-state index contributed by atoms with van der Waals surface area (Å²) in [6.07, 6.45) is 0.114. The third kappa shape index (κ3) is 9.28. The molecule has 14 heteroatoms. The number of anilines is 1. The number of hydrogen-bond donors (Lipinski definition) is 1. The molecule has 0 aromatic heterocycles. The van der Waals surface area contributed by atoms with E-state index in [2.05, 4.69) is 5.32 Å². The molecule has 0 aliphatic rings. The first-order valence-corrected chi connectivity index (χ1v) is 17.4. The van der Waals surface area contributed by atoms with Gasteiger partial charge in [0.25, 0.3) is 15.7 Å². The van der Waals surface area contributed by atoms with Gasteiger partial charge in [-0.25, -0.2) is 8.42 Å². The maximum Gasteiger partial charge on any atom is 0.273 e. The molecular formula is C35H36Cl2N4O7S. The predicted molar refractivity (Wildman–Crippen MR) is 190 cm³/mol. The molecule has 0 aliphatic carbocycles. The Labute approximate surface area is 295 Å². The summed E-state index contributed by atoms with van der Waals surface area (Å²) in [5, 5.41) is 15.2. The van der Waals surface area contributed by atoms with Crippen LogP contribution in [0, 0.1) is 17.0 Å². The monoisotopic (exact) mass is 726 g/mol. The Balaban J connectivity index is 1.90. The zero-order chi connectivity index (χ0) is 35.9. The van der Waals surface area contributed by atoms with Crippen molar-refractivity contribution in [2.45, 2.75) is 50.7 Å². The van der Waals surface area contributed by atoms with Crippen molar-refractivity contribution < 1.29 is 27.7 Å². The Kier molecular flexibility index (Phi) is 12.3. The number of nitrogens with one attached hydrogen (secondary N) is 1. The van der Waals surface area contributed by atoms with Crippen molar-refractivity contribution in [1.82, 2.24) is 10.2 Å². The SMILES string of the molecule is COc1ccc(Cl)cc1N(CC(=O)N(Cc1cccc(Cl)c1)[C@H](Cc1ccccc1)C(=O)NC(C)C)S(=O)(=O)c1ccc(C)c([N+](=O)[O-])c1. The first-order chi connectivity index (χ1) is 23.2. The van der Waals surface area contributed by atoms with Crippen LogP contribution in [0.4, 0.5) is 11.4 Å². The normalized spacial score (nSPS) is 11.9. The molecule has 4 aromatic carbocycles. The van der Waals surface area contributed by atoms with Gasteiger partial charge < -0.3 is 15.0 Å². The molecule has 1 atom stereocenters. The summed E-state index contributed by atoms with van der Waals surface area (Å²) in [6, 6.07) is 22.3. The molecule has 0 aliphatic heterocycles. The standard InChI is InChI=1S/C35H36Cl2N4O7S/c1-23(2)38-35(43)32(18-25-9-6-5-7-10-25)39(21-26-11-8-12-27(36)17-26)34(42)22-40(31-19-28(37)14-16-33(31)48-4)49(46,47)29-15-13-24(3)30(20-29)41(44)45/h5-17,19-20,23,32H,18,21-22H2,1-4H3,(H,38,43)/t32-/m1/s1. The van der Waals surface area contributed by atoms with E-state index >= 15 is 0 Å². The van der Waals surface area contributed by atoms with Gasteiger partial charge in [-0.1, -0.05) is 71.7 Å². The molecule has 0 heterocycles. The van der Waals surface area contributed by atoms with Crippen molar-refractivity contribution in [2.75, 3.05) is 18.0 Å². The van der Waals surface area contributed by atoms with Gasteiger partial charge in [0.1, 0.15) is 18.3 Å². The minimum atomic E-state index is -4.69. The number of ether oxygens (including phenoxy) is 1. The minimum absolute atomic E-state index is 0.0714. The van der Waals surface area contributed by atoms with Crippen molar-refractivity contribution in [3.8, 4) is 5.75 Å². The highest BCUT2D eigenvalue weighted by Gasteiger charge is 2.36. The van der Waals surface area contributed by atoms with E-state index in [-0.39, 0.29) is 41.0 Å². The molecule has 258 valence electrons. The molecule has 49 heavy (non-hydrogen) atoms. The number of benzene rings is 4. The second-order valence-electron chi connectivity index (χ2n) is 11.6. The van der Waals surface area contributed by atoms with E-state index in [1.54, 1.807) is 38.1 Å². The molecule has 0 saturated heterocycles. The van der Waals surface area contributed by atoms with Gasteiger partial charge in [0.15, 0.2) is 0 Å². The number of hydrogen-bond acceptors (Lipinski definition) is 7. The van der Waals surface area contributed by atoms with Crippen LogP contribution < -0.4 is 14.4 Å². The van der Waals surface area contributed by atoms with E-state index in [1.165, 1.54) is 49.3 Å². The van der Waals surface area contributed by atoms with Gasteiger partial charge in [0.2, 0.25) is 11.8 Å². The highest BCUT2D eigenvalue weighted by molar-refractivity contribution is 7.92. The van der Waals surface area contributed by atoms with Gasteiger partial charge in [0.05, 0.1) is 22.6 Å². The molecule has 0 spiro atoms. The molecule has 4 aromatic rings. The van der Waals surface area contributed by atoms with Crippen LogP contribution in [0.5, 0.6) is 5.75 Å². The fraction of sp³-hybridized carbons (Fsp3) is 0.257. The number of methoxy groups -OCH3 is 1. The summed E-state index contributed by atoms with van der Waals surface area (Å²) >= 11 is 12.6. The summed E-state index contributed by atoms with van der Waals surface area (Å²) in [5.74, 6) is -1.12. The van der Waals surface area contributed by atoms with Crippen LogP contribution in [-0.2, 0) is 32.6 Å². The molecule has 0 unspecified atom stereocenters. The number of halogens is 2. The number of carbonyl (C=O) groups excluding carboxylic acids is 2. The van der Waals surface area contributed by atoms with Gasteiger partial charge in [-0.05, 0) is 68.3 Å². The highest BCUT2D eigenvalue weighted by Crippen LogP contribution is 2.36. The summed E-state index contributed by atoms with van der Waals surface area (Å²) in [4.78, 5) is 40.5. The average Bonchev–Trinajstić information content (AvgIpc) is 3.05. The van der Waals surface area contributed by atoms with Gasteiger partial charge in [-0.2, -0.15) is 0 Å². The second kappa shape index (κ2) is 16.2. The number of rotatable bonds is 14. The summed E-state index contributed by atoms with van der Waals surface area (Å²) in [5.41, 5.74) is 1.12. The molecule has 0 saturated carbocycles. The lowest BCUT2D eigenvalue weighted by Crippen LogP contribution is -2.54. The van der Waals surface area contributed by atoms with E-state index in [0.29, 0.717) is 10.6 Å². The molecule has 2 amide bonds. The minimum Gasteiger partial charge on any atom is -0.495 e. The Morgan fingerprint density at radius 2 is 1.59 bits per heavy atom. The van der Waals surface area contributed by atoms with E-state index < -0.39 is 49.9 Å². The number of carbonyl (C=O) groups is 2. The van der Waals surface area contributed by atoms with Crippen LogP contribution >= 0.6 is 23.2 Å². The number of sulfonamides is 1. The third-order valence-electron chi connectivity index (χ3n) is 7.60. The topological polar surface area (TPSA) is 139 Å². The van der Waals surface area contributed by atoms with Gasteiger partial charge in [0, 0.05) is 40.7 Å². The Morgan fingerprint density at radius 3 is 2.22 bits per heavy atom. The van der Waals surface area contributed by atoms with E-state index in [0.717, 1.165) is 15.9 Å². The molecule has 1 N–H and O–H groups in total. The lowest BCUT2D eigenvalue weighted by molar-refractivity contribution is -0.385. The summed E-state index contributed by atoms with van der Waals surface area (Å²) in [6.45, 7) is 4.15. The van der Waals surface area contributed by atoms with Crippen molar-refractivity contribution in [1.29, 1.82) is 0 Å². The van der Waals surface area contributed by atoms with Crippen LogP contribution in [-0.4, -0.2) is 55.8 Å². The molecular weight excluding hydrogens is 691 g/mol. The number of nitrogens with zero attached hydrogens (tertiary/aromatic N) is 3.